The lowest BCUT2D eigenvalue weighted by molar-refractivity contribution is -0.137. The highest BCUT2D eigenvalue weighted by molar-refractivity contribution is 8.00. The molecule has 0 saturated carbocycles. The van der Waals surface area contributed by atoms with Crippen molar-refractivity contribution in [2.24, 2.45) is 7.05 Å². The van der Waals surface area contributed by atoms with Gasteiger partial charge in [0.05, 0.1) is 5.56 Å². The van der Waals surface area contributed by atoms with Gasteiger partial charge in [-0.25, -0.2) is 0 Å². The third-order valence-corrected chi connectivity index (χ3v) is 4.76. The molecule has 0 amide bonds. The summed E-state index contributed by atoms with van der Waals surface area (Å²) < 4.78 is 78.4. The predicted octanol–water partition coefficient (Wildman–Crippen LogP) is 6.35. The topological polar surface area (TPSA) is 22.0 Å². The van der Waals surface area contributed by atoms with Gasteiger partial charge in [-0.05, 0) is 47.2 Å². The van der Waals surface area contributed by atoms with Crippen molar-refractivity contribution in [1.29, 1.82) is 0 Å². The first-order chi connectivity index (χ1) is 13.4. The molecule has 3 rings (SSSR count). The van der Waals surface area contributed by atoms with Crippen LogP contribution in [0.15, 0.2) is 70.6 Å². The minimum Gasteiger partial charge on any atom is -0.356 e. The maximum Gasteiger partial charge on any atom is 0.446 e. The normalized spacial score (nSPS) is 12.2. The molecule has 2 aromatic carbocycles. The number of halogens is 6. The maximum atomic E-state index is 13.0. The summed E-state index contributed by atoms with van der Waals surface area (Å²) in [6.45, 7) is 0. The standard InChI is InChI=1S/C20H13F6NOS/c1-27-10-16(12-4-2-6-14(8-12)19(21,22)23)18(28)17(11-27)13-5-3-7-15(9-13)29-20(24,25)26/h2-11H,1H3. The van der Waals surface area contributed by atoms with Crippen LogP contribution in [0.1, 0.15) is 5.56 Å². The van der Waals surface area contributed by atoms with E-state index in [1.54, 1.807) is 7.05 Å². The van der Waals surface area contributed by atoms with Gasteiger partial charge in [0.15, 0.2) is 5.43 Å². The zero-order chi connectivity index (χ0) is 21.4. The lowest BCUT2D eigenvalue weighted by Gasteiger charge is -2.12. The number of hydrogen-bond donors (Lipinski definition) is 0. The highest BCUT2D eigenvalue weighted by atomic mass is 32.2. The Morgan fingerprint density at radius 1 is 0.828 bits per heavy atom. The van der Waals surface area contributed by atoms with Crippen LogP contribution < -0.4 is 5.43 Å². The van der Waals surface area contributed by atoms with Gasteiger partial charge in [0.1, 0.15) is 0 Å². The fourth-order valence-corrected chi connectivity index (χ4v) is 3.44. The molecule has 0 saturated heterocycles. The maximum absolute atomic E-state index is 13.0. The van der Waals surface area contributed by atoms with Crippen LogP contribution in [0.5, 0.6) is 0 Å². The van der Waals surface area contributed by atoms with E-state index >= 15 is 0 Å². The molecular weight excluding hydrogens is 416 g/mol. The molecule has 0 atom stereocenters. The van der Waals surface area contributed by atoms with Crippen molar-refractivity contribution in [2.75, 3.05) is 0 Å². The van der Waals surface area contributed by atoms with E-state index in [1.807, 2.05) is 0 Å². The second kappa shape index (κ2) is 7.62. The SMILES string of the molecule is Cn1cc(-c2cccc(SC(F)(F)F)c2)c(=O)c(-c2cccc(C(F)(F)F)c2)c1. The van der Waals surface area contributed by atoms with Crippen LogP contribution in [0.25, 0.3) is 22.3 Å². The first kappa shape index (κ1) is 21.0. The number of thioether (sulfide) groups is 1. The van der Waals surface area contributed by atoms with Crippen molar-refractivity contribution in [3.05, 3.63) is 76.7 Å². The summed E-state index contributed by atoms with van der Waals surface area (Å²) in [7, 11) is 1.58. The van der Waals surface area contributed by atoms with Crippen LogP contribution in [0, 0.1) is 0 Å². The van der Waals surface area contributed by atoms with Crippen LogP contribution in [0.3, 0.4) is 0 Å². The number of aromatic nitrogens is 1. The quantitative estimate of drug-likeness (QED) is 0.358. The molecule has 1 aromatic heterocycles. The van der Waals surface area contributed by atoms with Gasteiger partial charge < -0.3 is 4.57 Å². The molecule has 9 heteroatoms. The van der Waals surface area contributed by atoms with Crippen molar-refractivity contribution in [2.45, 2.75) is 16.6 Å². The third-order valence-electron chi connectivity index (χ3n) is 4.03. The van der Waals surface area contributed by atoms with Gasteiger partial charge in [-0.1, -0.05) is 24.3 Å². The lowest BCUT2D eigenvalue weighted by Crippen LogP contribution is -2.12. The van der Waals surface area contributed by atoms with Gasteiger partial charge in [-0.3, -0.25) is 4.79 Å². The van der Waals surface area contributed by atoms with E-state index in [4.69, 9.17) is 0 Å². The van der Waals surface area contributed by atoms with Crippen LogP contribution in [-0.2, 0) is 13.2 Å². The molecule has 0 fully saturated rings. The zero-order valence-corrected chi connectivity index (χ0v) is 15.6. The number of pyridine rings is 1. The summed E-state index contributed by atoms with van der Waals surface area (Å²) >= 11 is -0.309. The summed E-state index contributed by atoms with van der Waals surface area (Å²) in [5.74, 6) is 0. The molecule has 2 nitrogen and oxygen atoms in total. The van der Waals surface area contributed by atoms with Crippen LogP contribution in [0.2, 0.25) is 0 Å². The summed E-state index contributed by atoms with van der Waals surface area (Å²) in [5.41, 5.74) is -5.53. The van der Waals surface area contributed by atoms with Gasteiger partial charge in [0, 0.05) is 35.5 Å². The molecule has 0 radical (unpaired) electrons. The van der Waals surface area contributed by atoms with Crippen molar-refractivity contribution in [3.8, 4) is 22.3 Å². The number of aryl methyl sites for hydroxylation is 1. The molecule has 0 N–H and O–H groups in total. The highest BCUT2D eigenvalue weighted by Gasteiger charge is 2.31. The number of benzene rings is 2. The van der Waals surface area contributed by atoms with Crippen LogP contribution in [-0.4, -0.2) is 10.1 Å². The van der Waals surface area contributed by atoms with E-state index in [0.29, 0.717) is 0 Å². The monoisotopic (exact) mass is 429 g/mol. The first-order valence-corrected chi connectivity index (χ1v) is 9.00. The summed E-state index contributed by atoms with van der Waals surface area (Å²) in [6, 6.07) is 9.71. The average Bonchev–Trinajstić information content (AvgIpc) is 2.61. The van der Waals surface area contributed by atoms with E-state index in [1.165, 1.54) is 53.4 Å². The largest absolute Gasteiger partial charge is 0.446 e. The molecule has 29 heavy (non-hydrogen) atoms. The molecular formula is C20H13F6NOS. The highest BCUT2D eigenvalue weighted by Crippen LogP contribution is 2.38. The molecule has 3 aromatic rings. The molecule has 0 bridgehead atoms. The van der Waals surface area contributed by atoms with E-state index < -0.39 is 22.7 Å². The molecule has 0 aliphatic heterocycles. The fourth-order valence-electron chi connectivity index (χ4n) is 2.84. The summed E-state index contributed by atoms with van der Waals surface area (Å²) in [6.07, 6.45) is -1.76. The molecule has 0 spiro atoms. The number of nitrogens with zero attached hydrogens (tertiary/aromatic N) is 1. The van der Waals surface area contributed by atoms with Crippen molar-refractivity contribution in [1.82, 2.24) is 4.57 Å². The average molecular weight is 429 g/mol. The minimum absolute atomic E-state index is 0.0185. The molecule has 152 valence electrons. The van der Waals surface area contributed by atoms with Gasteiger partial charge in [-0.2, -0.15) is 26.3 Å². The minimum atomic E-state index is -4.57. The third kappa shape index (κ3) is 5.03. The second-order valence-electron chi connectivity index (χ2n) is 6.23. The van der Waals surface area contributed by atoms with E-state index in [2.05, 4.69) is 0 Å². The smallest absolute Gasteiger partial charge is 0.356 e. The Morgan fingerprint density at radius 3 is 1.93 bits per heavy atom. The molecule has 0 unspecified atom stereocenters. The van der Waals surface area contributed by atoms with E-state index in [-0.39, 0.29) is 38.9 Å². The van der Waals surface area contributed by atoms with Crippen LogP contribution in [0.4, 0.5) is 26.3 Å². The van der Waals surface area contributed by atoms with Crippen molar-refractivity contribution >= 4 is 11.8 Å². The van der Waals surface area contributed by atoms with Crippen molar-refractivity contribution < 1.29 is 26.3 Å². The molecule has 0 aliphatic rings. The van der Waals surface area contributed by atoms with E-state index in [0.717, 1.165) is 12.1 Å². The van der Waals surface area contributed by atoms with Gasteiger partial charge in [0.2, 0.25) is 0 Å². The predicted molar refractivity (Wildman–Crippen MR) is 99.5 cm³/mol. The first-order valence-electron chi connectivity index (χ1n) is 8.18. The Kier molecular flexibility index (Phi) is 5.53. The Morgan fingerprint density at radius 2 is 1.38 bits per heavy atom. The zero-order valence-electron chi connectivity index (χ0n) is 14.8. The Hall–Kier alpha value is -2.68. The molecule has 0 aliphatic carbocycles. The fraction of sp³-hybridized carbons (Fsp3) is 0.150. The van der Waals surface area contributed by atoms with Gasteiger partial charge in [-0.15, -0.1) is 0 Å². The summed E-state index contributed by atoms with van der Waals surface area (Å²) in [5, 5.41) is 0. The Balaban J connectivity index is 2.12. The number of rotatable bonds is 3. The molecule has 1 heterocycles. The van der Waals surface area contributed by atoms with Gasteiger partial charge >= 0.3 is 11.7 Å². The second-order valence-corrected chi connectivity index (χ2v) is 7.37. The Labute approximate surface area is 165 Å². The Bertz CT molecular complexity index is 1100. The van der Waals surface area contributed by atoms with Gasteiger partial charge in [0.25, 0.3) is 0 Å². The van der Waals surface area contributed by atoms with Crippen LogP contribution >= 0.6 is 11.8 Å². The lowest BCUT2D eigenvalue weighted by atomic mass is 9.99. The summed E-state index contributed by atoms with van der Waals surface area (Å²) in [4.78, 5) is 12.9. The van der Waals surface area contributed by atoms with E-state index in [9.17, 15) is 31.1 Å². The van der Waals surface area contributed by atoms with Crippen molar-refractivity contribution in [3.63, 3.8) is 0 Å². The number of hydrogen-bond acceptors (Lipinski definition) is 2. The number of alkyl halides is 6.